The van der Waals surface area contributed by atoms with Gasteiger partial charge in [-0.1, -0.05) is 6.92 Å². The van der Waals surface area contributed by atoms with Crippen molar-refractivity contribution in [2.75, 3.05) is 22.1 Å². The lowest BCUT2D eigenvalue weighted by Crippen LogP contribution is -2.29. The molecule has 0 saturated heterocycles. The molecule has 0 saturated carbocycles. The van der Waals surface area contributed by atoms with Gasteiger partial charge in [0.1, 0.15) is 5.00 Å². The number of carbonyl (C=O) groups excluding carboxylic acids is 6. The Hall–Kier alpha value is -4.84. The molecule has 3 aromatic rings. The second-order valence-electron chi connectivity index (χ2n) is 9.98. The van der Waals surface area contributed by atoms with Gasteiger partial charge in [-0.15, -0.1) is 11.3 Å². The SMILES string of the molecule is CC(=O)Nc1ccc(N2C(=O)c3ccc(C(=O)OCC(=O)Nc4sc5c(c4C(N)=O)CCC(C)C5)cc3C2=O)cc1. The van der Waals surface area contributed by atoms with Crippen LogP contribution in [0.5, 0.6) is 0 Å². The highest BCUT2D eigenvalue weighted by molar-refractivity contribution is 7.17. The third kappa shape index (κ3) is 5.46. The van der Waals surface area contributed by atoms with Crippen LogP contribution in [0.1, 0.15) is 72.1 Å². The van der Waals surface area contributed by atoms with E-state index in [0.29, 0.717) is 34.3 Å². The van der Waals surface area contributed by atoms with Crippen molar-refractivity contribution in [1.29, 1.82) is 0 Å². The van der Waals surface area contributed by atoms with E-state index in [-0.39, 0.29) is 22.6 Å². The van der Waals surface area contributed by atoms with Crippen LogP contribution in [-0.2, 0) is 27.2 Å². The molecule has 1 aliphatic carbocycles. The van der Waals surface area contributed by atoms with Crippen molar-refractivity contribution in [2.24, 2.45) is 11.7 Å². The summed E-state index contributed by atoms with van der Waals surface area (Å²) in [6.45, 7) is 2.85. The highest BCUT2D eigenvalue weighted by Crippen LogP contribution is 2.39. The molecular weight excluding hydrogens is 548 g/mol. The number of anilines is 3. The summed E-state index contributed by atoms with van der Waals surface area (Å²) in [4.78, 5) is 76.7. The van der Waals surface area contributed by atoms with E-state index in [0.717, 1.165) is 28.2 Å². The minimum atomic E-state index is -0.865. The molecule has 0 bridgehead atoms. The van der Waals surface area contributed by atoms with Crippen molar-refractivity contribution in [3.8, 4) is 0 Å². The number of thiophene rings is 1. The number of fused-ring (bicyclic) bond motifs is 2. The number of hydrogen-bond donors (Lipinski definition) is 3. The van der Waals surface area contributed by atoms with Crippen LogP contribution in [0.15, 0.2) is 42.5 Å². The monoisotopic (exact) mass is 574 g/mol. The molecule has 0 radical (unpaired) electrons. The van der Waals surface area contributed by atoms with Gasteiger partial charge in [-0.25, -0.2) is 9.69 Å². The first-order chi connectivity index (χ1) is 19.5. The Morgan fingerprint density at radius 1 is 1.02 bits per heavy atom. The van der Waals surface area contributed by atoms with Gasteiger partial charge in [-0.05, 0) is 73.2 Å². The quantitative estimate of drug-likeness (QED) is 0.287. The zero-order valence-corrected chi connectivity index (χ0v) is 23.1. The number of carbonyl (C=O) groups is 6. The number of amides is 5. The van der Waals surface area contributed by atoms with E-state index >= 15 is 0 Å². The second kappa shape index (κ2) is 11.0. The molecule has 12 heteroatoms. The standard InChI is InChI=1S/C29H26N4O7S/c1-14-3-9-20-22(11-14)41-26(24(20)25(30)36)32-23(35)13-40-29(39)16-4-10-19-21(12-16)28(38)33(27(19)37)18-7-5-17(6-8-18)31-15(2)34/h4-8,10,12,14H,3,9,11,13H2,1-2H3,(H2,30,36)(H,31,34)(H,32,35). The van der Waals surface area contributed by atoms with Crippen molar-refractivity contribution in [3.05, 3.63) is 75.2 Å². The van der Waals surface area contributed by atoms with Crippen LogP contribution in [0.4, 0.5) is 16.4 Å². The number of benzene rings is 2. The Balaban J connectivity index is 1.25. The van der Waals surface area contributed by atoms with E-state index in [4.69, 9.17) is 10.5 Å². The van der Waals surface area contributed by atoms with Crippen molar-refractivity contribution in [3.63, 3.8) is 0 Å². The first-order valence-electron chi connectivity index (χ1n) is 12.8. The Kier molecular flexibility index (Phi) is 7.41. The van der Waals surface area contributed by atoms with Crippen molar-refractivity contribution in [2.45, 2.75) is 33.1 Å². The predicted octanol–water partition coefficient (Wildman–Crippen LogP) is 3.53. The average molecular weight is 575 g/mol. The van der Waals surface area contributed by atoms with Gasteiger partial charge in [0.05, 0.1) is 27.9 Å². The minimum absolute atomic E-state index is 0.0149. The molecule has 1 aliphatic heterocycles. The van der Waals surface area contributed by atoms with E-state index in [1.165, 1.54) is 48.6 Å². The van der Waals surface area contributed by atoms with E-state index in [1.54, 1.807) is 12.1 Å². The molecule has 0 spiro atoms. The molecule has 2 aliphatic rings. The van der Waals surface area contributed by atoms with E-state index < -0.39 is 36.2 Å². The number of esters is 1. The van der Waals surface area contributed by atoms with Crippen LogP contribution in [0.25, 0.3) is 0 Å². The summed E-state index contributed by atoms with van der Waals surface area (Å²) in [5.74, 6) is -3.12. The largest absolute Gasteiger partial charge is 0.452 e. The van der Waals surface area contributed by atoms with Crippen LogP contribution < -0.4 is 21.3 Å². The van der Waals surface area contributed by atoms with Gasteiger partial charge in [-0.3, -0.25) is 24.0 Å². The molecule has 5 amide bonds. The lowest BCUT2D eigenvalue weighted by atomic mass is 9.88. The smallest absolute Gasteiger partial charge is 0.338 e. The fourth-order valence-electron chi connectivity index (χ4n) is 4.98. The third-order valence-corrected chi connectivity index (χ3v) is 8.08. The summed E-state index contributed by atoms with van der Waals surface area (Å²) in [7, 11) is 0. The molecule has 0 fully saturated rings. The minimum Gasteiger partial charge on any atom is -0.452 e. The van der Waals surface area contributed by atoms with Crippen molar-refractivity contribution in [1.82, 2.24) is 0 Å². The number of imide groups is 1. The maximum atomic E-state index is 13.1. The fraction of sp³-hybridized carbons (Fsp3) is 0.241. The van der Waals surface area contributed by atoms with Crippen LogP contribution in [0.3, 0.4) is 0 Å². The molecule has 210 valence electrons. The molecule has 2 heterocycles. The number of primary amides is 1. The summed E-state index contributed by atoms with van der Waals surface area (Å²) in [5, 5.41) is 5.58. The van der Waals surface area contributed by atoms with Crippen LogP contribution in [0.2, 0.25) is 0 Å². The Morgan fingerprint density at radius 2 is 1.73 bits per heavy atom. The Labute approximate surface area is 238 Å². The summed E-state index contributed by atoms with van der Waals surface area (Å²) in [5.41, 5.74) is 7.67. The van der Waals surface area contributed by atoms with E-state index in [1.807, 2.05) is 0 Å². The maximum Gasteiger partial charge on any atom is 0.338 e. The highest BCUT2D eigenvalue weighted by Gasteiger charge is 2.37. The number of hydrogen-bond acceptors (Lipinski definition) is 8. The summed E-state index contributed by atoms with van der Waals surface area (Å²) >= 11 is 1.30. The number of ether oxygens (including phenoxy) is 1. The van der Waals surface area contributed by atoms with Gasteiger partial charge < -0.3 is 21.1 Å². The molecule has 41 heavy (non-hydrogen) atoms. The summed E-state index contributed by atoms with van der Waals surface area (Å²) < 4.78 is 5.15. The number of nitrogens with zero attached hydrogens (tertiary/aromatic N) is 1. The van der Waals surface area contributed by atoms with Crippen molar-refractivity contribution < 1.29 is 33.5 Å². The van der Waals surface area contributed by atoms with E-state index in [2.05, 4.69) is 17.6 Å². The summed E-state index contributed by atoms with van der Waals surface area (Å²) in [6, 6.07) is 10.1. The Morgan fingerprint density at radius 3 is 2.41 bits per heavy atom. The van der Waals surface area contributed by atoms with Gasteiger partial charge in [-0.2, -0.15) is 0 Å². The molecule has 1 aromatic heterocycles. The highest BCUT2D eigenvalue weighted by atomic mass is 32.1. The molecule has 5 rings (SSSR count). The van der Waals surface area contributed by atoms with Gasteiger partial charge in [0, 0.05) is 17.5 Å². The van der Waals surface area contributed by atoms with E-state index in [9.17, 15) is 28.8 Å². The van der Waals surface area contributed by atoms with Gasteiger partial charge in [0.15, 0.2) is 6.61 Å². The average Bonchev–Trinajstić information content (AvgIpc) is 3.40. The van der Waals surface area contributed by atoms with Gasteiger partial charge >= 0.3 is 5.97 Å². The normalized spacial score (nSPS) is 15.7. The second-order valence-corrected chi connectivity index (χ2v) is 11.1. The Bertz CT molecular complexity index is 1630. The van der Waals surface area contributed by atoms with Crippen molar-refractivity contribution >= 4 is 63.2 Å². The number of nitrogens with two attached hydrogens (primary N) is 1. The lowest BCUT2D eigenvalue weighted by Gasteiger charge is -2.18. The van der Waals surface area contributed by atoms with Crippen LogP contribution in [-0.4, -0.2) is 42.1 Å². The molecular formula is C29H26N4O7S. The van der Waals surface area contributed by atoms with Crippen LogP contribution in [0, 0.1) is 5.92 Å². The lowest BCUT2D eigenvalue weighted by molar-refractivity contribution is -0.119. The molecule has 4 N–H and O–H groups in total. The van der Waals surface area contributed by atoms with Gasteiger partial charge in [0.2, 0.25) is 5.91 Å². The molecule has 1 atom stereocenters. The molecule has 11 nitrogen and oxygen atoms in total. The molecule has 1 unspecified atom stereocenters. The summed E-state index contributed by atoms with van der Waals surface area (Å²) in [6.07, 6.45) is 2.42. The maximum absolute atomic E-state index is 13.1. The fourth-order valence-corrected chi connectivity index (χ4v) is 6.41. The topological polar surface area (TPSA) is 165 Å². The predicted molar refractivity (Wildman–Crippen MR) is 151 cm³/mol. The zero-order valence-electron chi connectivity index (χ0n) is 22.2. The first-order valence-corrected chi connectivity index (χ1v) is 13.7. The number of nitrogens with one attached hydrogen (secondary N) is 2. The third-order valence-electron chi connectivity index (χ3n) is 6.91. The molecule has 2 aromatic carbocycles. The number of rotatable bonds is 7. The van der Waals surface area contributed by atoms with Crippen LogP contribution >= 0.6 is 11.3 Å². The first kappa shape index (κ1) is 27.7. The van der Waals surface area contributed by atoms with Gasteiger partial charge in [0.25, 0.3) is 23.6 Å². The zero-order chi connectivity index (χ0) is 29.4.